The lowest BCUT2D eigenvalue weighted by Gasteiger charge is -1.99. The number of hydrogen-bond acceptors (Lipinski definition) is 2. The summed E-state index contributed by atoms with van der Waals surface area (Å²) in [4.78, 5) is 0.967. The van der Waals surface area contributed by atoms with Gasteiger partial charge in [-0.2, -0.15) is 5.10 Å². The number of hydrogen-bond donors (Lipinski definition) is 1. The summed E-state index contributed by atoms with van der Waals surface area (Å²) in [5.74, 6) is 0. The molecule has 0 aliphatic heterocycles. The van der Waals surface area contributed by atoms with Gasteiger partial charge in [0.1, 0.15) is 0 Å². The molecule has 2 nitrogen and oxygen atoms in total. The van der Waals surface area contributed by atoms with Crippen LogP contribution in [0.25, 0.3) is 16.8 Å². The third-order valence-electron chi connectivity index (χ3n) is 2.80. The van der Waals surface area contributed by atoms with E-state index in [1.165, 1.54) is 0 Å². The Kier molecular flexibility index (Phi) is 2.90. The number of benzene rings is 2. The second-order valence-corrected chi connectivity index (χ2v) is 4.57. The molecule has 18 heavy (non-hydrogen) atoms. The molecular weight excluding hydrogens is 240 g/mol. The Morgan fingerprint density at radius 3 is 2.28 bits per heavy atom. The minimum Gasteiger partial charge on any atom is -0.240 e. The van der Waals surface area contributed by atoms with E-state index in [1.807, 2.05) is 59.5 Å². The van der Waals surface area contributed by atoms with Gasteiger partial charge in [0, 0.05) is 16.7 Å². The zero-order valence-electron chi connectivity index (χ0n) is 9.69. The van der Waals surface area contributed by atoms with Gasteiger partial charge in [0.25, 0.3) is 0 Å². The molecule has 0 N–H and O–H groups in total. The fourth-order valence-corrected chi connectivity index (χ4v) is 2.00. The Morgan fingerprint density at radius 2 is 1.56 bits per heavy atom. The van der Waals surface area contributed by atoms with Crippen molar-refractivity contribution in [2.45, 2.75) is 4.90 Å². The van der Waals surface area contributed by atoms with Gasteiger partial charge in [-0.1, -0.05) is 30.3 Å². The van der Waals surface area contributed by atoms with Crippen LogP contribution in [0.5, 0.6) is 0 Å². The number of para-hydroxylation sites is 1. The molecule has 0 spiro atoms. The van der Waals surface area contributed by atoms with E-state index >= 15 is 0 Å². The van der Waals surface area contributed by atoms with Crippen LogP contribution in [0.4, 0.5) is 0 Å². The summed E-state index contributed by atoms with van der Waals surface area (Å²) in [5, 5.41) is 4.38. The number of aromatic nitrogens is 2. The largest absolute Gasteiger partial charge is 0.240 e. The van der Waals surface area contributed by atoms with Crippen molar-refractivity contribution >= 4 is 12.6 Å². The molecule has 88 valence electrons. The van der Waals surface area contributed by atoms with Gasteiger partial charge in [0.15, 0.2) is 0 Å². The second-order valence-electron chi connectivity index (χ2n) is 4.06. The predicted molar refractivity (Wildman–Crippen MR) is 76.3 cm³/mol. The molecule has 0 aliphatic rings. The minimum absolute atomic E-state index is 0.967. The summed E-state index contributed by atoms with van der Waals surface area (Å²) in [6, 6.07) is 18.2. The van der Waals surface area contributed by atoms with Crippen molar-refractivity contribution in [3.8, 4) is 16.8 Å². The maximum Gasteiger partial charge on any atom is 0.0645 e. The van der Waals surface area contributed by atoms with Gasteiger partial charge >= 0.3 is 0 Å². The Bertz CT molecular complexity index is 642. The monoisotopic (exact) mass is 252 g/mol. The molecule has 0 radical (unpaired) electrons. The molecule has 0 aliphatic carbocycles. The number of rotatable bonds is 2. The summed E-state index contributed by atoms with van der Waals surface area (Å²) in [6.07, 6.45) is 3.91. The standard InChI is InChI=1S/C15H12N2S/c18-15-8-6-12(7-9-15)13-10-16-17(11-13)14-4-2-1-3-5-14/h1-11,18H. The highest BCUT2D eigenvalue weighted by atomic mass is 32.1. The van der Waals surface area contributed by atoms with Crippen LogP contribution >= 0.6 is 12.6 Å². The van der Waals surface area contributed by atoms with E-state index in [2.05, 4.69) is 29.9 Å². The molecule has 0 amide bonds. The first-order valence-electron chi connectivity index (χ1n) is 5.72. The van der Waals surface area contributed by atoms with Crippen LogP contribution in [-0.4, -0.2) is 9.78 Å². The molecule has 2 aromatic carbocycles. The second kappa shape index (κ2) is 4.70. The van der Waals surface area contributed by atoms with Crippen molar-refractivity contribution in [2.24, 2.45) is 0 Å². The van der Waals surface area contributed by atoms with E-state index in [0.717, 1.165) is 21.7 Å². The molecule has 1 heterocycles. The van der Waals surface area contributed by atoms with Crippen LogP contribution in [0.3, 0.4) is 0 Å². The summed E-state index contributed by atoms with van der Waals surface area (Å²) in [7, 11) is 0. The maximum absolute atomic E-state index is 4.38. The molecule has 3 aromatic rings. The lowest BCUT2D eigenvalue weighted by molar-refractivity contribution is 0.881. The first-order chi connectivity index (χ1) is 8.83. The quantitative estimate of drug-likeness (QED) is 0.686. The summed E-state index contributed by atoms with van der Waals surface area (Å²) in [6.45, 7) is 0. The Labute approximate surface area is 111 Å². The molecular formula is C15H12N2S. The van der Waals surface area contributed by atoms with Crippen LogP contribution < -0.4 is 0 Å². The van der Waals surface area contributed by atoms with Crippen LogP contribution in [0.1, 0.15) is 0 Å². The number of thiol groups is 1. The Hall–Kier alpha value is -2.00. The van der Waals surface area contributed by atoms with E-state index in [1.54, 1.807) is 0 Å². The van der Waals surface area contributed by atoms with Crippen LogP contribution in [0.15, 0.2) is 71.9 Å². The van der Waals surface area contributed by atoms with Gasteiger partial charge in [0.2, 0.25) is 0 Å². The van der Waals surface area contributed by atoms with Crippen LogP contribution in [0, 0.1) is 0 Å². The SMILES string of the molecule is Sc1ccc(-c2cnn(-c3ccccc3)c2)cc1. The van der Waals surface area contributed by atoms with Crippen molar-refractivity contribution in [3.05, 3.63) is 67.0 Å². The average molecular weight is 252 g/mol. The van der Waals surface area contributed by atoms with Gasteiger partial charge in [-0.15, -0.1) is 12.6 Å². The van der Waals surface area contributed by atoms with E-state index in [9.17, 15) is 0 Å². The van der Waals surface area contributed by atoms with Gasteiger partial charge in [-0.05, 0) is 29.8 Å². The van der Waals surface area contributed by atoms with E-state index in [0.29, 0.717) is 0 Å². The van der Waals surface area contributed by atoms with Crippen molar-refractivity contribution in [2.75, 3.05) is 0 Å². The molecule has 0 fully saturated rings. The highest BCUT2D eigenvalue weighted by molar-refractivity contribution is 7.80. The maximum atomic E-state index is 4.38. The fourth-order valence-electron chi connectivity index (χ4n) is 1.85. The Balaban J connectivity index is 1.97. The van der Waals surface area contributed by atoms with Gasteiger partial charge in [-0.3, -0.25) is 0 Å². The molecule has 1 aromatic heterocycles. The first-order valence-corrected chi connectivity index (χ1v) is 6.17. The van der Waals surface area contributed by atoms with Crippen molar-refractivity contribution < 1.29 is 0 Å². The number of nitrogens with zero attached hydrogens (tertiary/aromatic N) is 2. The van der Waals surface area contributed by atoms with Crippen LogP contribution in [-0.2, 0) is 0 Å². The van der Waals surface area contributed by atoms with Gasteiger partial charge in [-0.25, -0.2) is 4.68 Å². The molecule has 3 rings (SSSR count). The van der Waals surface area contributed by atoms with Gasteiger partial charge in [0.05, 0.1) is 11.9 Å². The highest BCUT2D eigenvalue weighted by Gasteiger charge is 2.02. The first kappa shape index (κ1) is 11.1. The average Bonchev–Trinajstić information content (AvgIpc) is 2.90. The van der Waals surface area contributed by atoms with Crippen LogP contribution in [0.2, 0.25) is 0 Å². The smallest absolute Gasteiger partial charge is 0.0645 e. The molecule has 0 saturated heterocycles. The van der Waals surface area contributed by atoms with E-state index in [-0.39, 0.29) is 0 Å². The molecule has 0 saturated carbocycles. The third-order valence-corrected chi connectivity index (χ3v) is 3.10. The van der Waals surface area contributed by atoms with Crippen molar-refractivity contribution in [3.63, 3.8) is 0 Å². The summed E-state index contributed by atoms with van der Waals surface area (Å²) in [5.41, 5.74) is 3.32. The zero-order valence-corrected chi connectivity index (χ0v) is 10.6. The topological polar surface area (TPSA) is 17.8 Å². The summed E-state index contributed by atoms with van der Waals surface area (Å²) >= 11 is 4.29. The minimum atomic E-state index is 0.967. The fraction of sp³-hybridized carbons (Fsp3) is 0. The van der Waals surface area contributed by atoms with E-state index in [4.69, 9.17) is 0 Å². The lowest BCUT2D eigenvalue weighted by atomic mass is 10.1. The highest BCUT2D eigenvalue weighted by Crippen LogP contribution is 2.21. The molecule has 3 heteroatoms. The summed E-state index contributed by atoms with van der Waals surface area (Å²) < 4.78 is 1.88. The zero-order chi connectivity index (χ0) is 12.4. The van der Waals surface area contributed by atoms with E-state index < -0.39 is 0 Å². The Morgan fingerprint density at radius 1 is 0.833 bits per heavy atom. The molecule has 0 unspecified atom stereocenters. The van der Waals surface area contributed by atoms with Crippen molar-refractivity contribution in [1.29, 1.82) is 0 Å². The molecule has 0 bridgehead atoms. The lowest BCUT2D eigenvalue weighted by Crippen LogP contribution is -1.92. The normalized spacial score (nSPS) is 10.5. The molecule has 0 atom stereocenters. The van der Waals surface area contributed by atoms with Crippen molar-refractivity contribution in [1.82, 2.24) is 9.78 Å². The third kappa shape index (κ3) is 2.17. The predicted octanol–water partition coefficient (Wildman–Crippen LogP) is 3.83. The van der Waals surface area contributed by atoms with Gasteiger partial charge < -0.3 is 0 Å².